The first-order valence-electron chi connectivity index (χ1n) is 6.43. The maximum atomic E-state index is 3.20. The van der Waals surface area contributed by atoms with E-state index in [2.05, 4.69) is 54.2 Å². The largest absolute Gasteiger partial charge is 0.347 e. The van der Waals surface area contributed by atoms with Crippen molar-refractivity contribution in [2.75, 3.05) is 13.6 Å². The van der Waals surface area contributed by atoms with Crippen molar-refractivity contribution in [1.29, 1.82) is 0 Å². The number of fused-ring (bicyclic) bond motifs is 1. The Morgan fingerprint density at radius 2 is 2.06 bits per heavy atom. The molecule has 1 heterocycles. The van der Waals surface area contributed by atoms with Gasteiger partial charge in [0.1, 0.15) is 0 Å². The molecule has 1 N–H and O–H groups in total. The van der Waals surface area contributed by atoms with Gasteiger partial charge in [-0.15, -0.1) is 0 Å². The normalized spacial score (nSPS) is 11.5. The van der Waals surface area contributed by atoms with Crippen LogP contribution < -0.4 is 5.32 Å². The summed E-state index contributed by atoms with van der Waals surface area (Å²) in [7, 11) is 2.00. The predicted molar refractivity (Wildman–Crippen MR) is 74.4 cm³/mol. The van der Waals surface area contributed by atoms with Gasteiger partial charge < -0.3 is 9.88 Å². The van der Waals surface area contributed by atoms with Gasteiger partial charge in [-0.3, -0.25) is 0 Å². The molecule has 0 saturated heterocycles. The molecule has 0 bridgehead atoms. The predicted octanol–water partition coefficient (Wildman–Crippen LogP) is 3.06. The number of hydrogen-bond donors (Lipinski definition) is 1. The minimum atomic E-state index is 0.687. The summed E-state index contributed by atoms with van der Waals surface area (Å²) < 4.78 is 2.36. The Balaban J connectivity index is 2.29. The van der Waals surface area contributed by atoms with Crippen molar-refractivity contribution < 1.29 is 0 Å². The summed E-state index contributed by atoms with van der Waals surface area (Å²) in [6, 6.07) is 9.01. The fourth-order valence-corrected chi connectivity index (χ4v) is 2.21. The van der Waals surface area contributed by atoms with Crippen LogP contribution in [0, 0.1) is 5.92 Å². The van der Waals surface area contributed by atoms with Gasteiger partial charge in [0, 0.05) is 18.3 Å². The molecule has 0 aliphatic heterocycles. The Kier molecular flexibility index (Phi) is 3.85. The molecule has 0 aliphatic rings. The maximum Gasteiger partial charge on any atom is 0.0483 e. The van der Waals surface area contributed by atoms with Gasteiger partial charge in [0.25, 0.3) is 0 Å². The highest BCUT2D eigenvalue weighted by Gasteiger charge is 2.03. The molecule has 92 valence electrons. The molecule has 2 aromatic rings. The topological polar surface area (TPSA) is 17.0 Å². The summed E-state index contributed by atoms with van der Waals surface area (Å²) in [6.07, 6.45) is 3.30. The molecule has 0 saturated carbocycles. The lowest BCUT2D eigenvalue weighted by Gasteiger charge is -2.09. The SMILES string of the molecule is CNCCc1ccc2ccn(CC(C)C)c2c1. The first-order valence-corrected chi connectivity index (χ1v) is 6.43. The average Bonchev–Trinajstić information content (AvgIpc) is 2.69. The number of likely N-dealkylation sites (N-methyl/N-ethyl adjacent to an activating group) is 1. The third kappa shape index (κ3) is 2.89. The number of hydrogen-bond acceptors (Lipinski definition) is 1. The van der Waals surface area contributed by atoms with Gasteiger partial charge in [-0.25, -0.2) is 0 Å². The second-order valence-electron chi connectivity index (χ2n) is 5.11. The van der Waals surface area contributed by atoms with Gasteiger partial charge in [0.15, 0.2) is 0 Å². The van der Waals surface area contributed by atoms with E-state index in [0.717, 1.165) is 19.5 Å². The number of rotatable bonds is 5. The van der Waals surface area contributed by atoms with Crippen LogP contribution in [-0.2, 0) is 13.0 Å². The van der Waals surface area contributed by atoms with Crippen molar-refractivity contribution in [1.82, 2.24) is 9.88 Å². The summed E-state index contributed by atoms with van der Waals surface area (Å²) in [6.45, 7) is 6.66. The van der Waals surface area contributed by atoms with Crippen molar-refractivity contribution in [3.63, 3.8) is 0 Å². The van der Waals surface area contributed by atoms with Crippen LogP contribution in [0.1, 0.15) is 19.4 Å². The van der Waals surface area contributed by atoms with Gasteiger partial charge in [0.2, 0.25) is 0 Å². The molecule has 2 nitrogen and oxygen atoms in total. The molecule has 0 aliphatic carbocycles. The van der Waals surface area contributed by atoms with Crippen LogP contribution in [0.3, 0.4) is 0 Å². The van der Waals surface area contributed by atoms with Crippen molar-refractivity contribution in [2.24, 2.45) is 5.92 Å². The maximum absolute atomic E-state index is 3.20. The summed E-state index contributed by atoms with van der Waals surface area (Å²) in [5.41, 5.74) is 2.78. The van der Waals surface area contributed by atoms with Gasteiger partial charge >= 0.3 is 0 Å². The molecule has 1 aromatic carbocycles. The first-order chi connectivity index (χ1) is 8.20. The van der Waals surface area contributed by atoms with Gasteiger partial charge in [0.05, 0.1) is 0 Å². The fraction of sp³-hybridized carbons (Fsp3) is 0.467. The second kappa shape index (κ2) is 5.37. The highest BCUT2D eigenvalue weighted by molar-refractivity contribution is 5.80. The molecule has 2 heteroatoms. The minimum Gasteiger partial charge on any atom is -0.347 e. The first kappa shape index (κ1) is 12.2. The third-order valence-corrected chi connectivity index (χ3v) is 3.06. The van der Waals surface area contributed by atoms with E-state index in [1.54, 1.807) is 0 Å². The van der Waals surface area contributed by atoms with Crippen LogP contribution in [0.5, 0.6) is 0 Å². The number of nitrogens with one attached hydrogen (secondary N) is 1. The molecule has 0 radical (unpaired) electrons. The number of benzene rings is 1. The van der Waals surface area contributed by atoms with E-state index >= 15 is 0 Å². The Bertz CT molecular complexity index is 483. The summed E-state index contributed by atoms with van der Waals surface area (Å²) >= 11 is 0. The van der Waals surface area contributed by atoms with Crippen molar-refractivity contribution in [3.05, 3.63) is 36.0 Å². The zero-order chi connectivity index (χ0) is 12.3. The van der Waals surface area contributed by atoms with Crippen molar-refractivity contribution in [2.45, 2.75) is 26.8 Å². The van der Waals surface area contributed by atoms with Crippen LogP contribution in [0.2, 0.25) is 0 Å². The van der Waals surface area contributed by atoms with Crippen LogP contribution >= 0.6 is 0 Å². The minimum absolute atomic E-state index is 0.687. The lowest BCUT2D eigenvalue weighted by atomic mass is 10.1. The molecular weight excluding hydrogens is 208 g/mol. The molecule has 0 amide bonds. The zero-order valence-electron chi connectivity index (χ0n) is 11.0. The molecular formula is C15H22N2. The van der Waals surface area contributed by atoms with E-state index in [-0.39, 0.29) is 0 Å². The quantitative estimate of drug-likeness (QED) is 0.835. The third-order valence-electron chi connectivity index (χ3n) is 3.06. The molecule has 0 atom stereocenters. The van der Waals surface area contributed by atoms with Crippen LogP contribution in [0.4, 0.5) is 0 Å². The van der Waals surface area contributed by atoms with E-state index in [0.29, 0.717) is 5.92 Å². The zero-order valence-corrected chi connectivity index (χ0v) is 11.0. The van der Waals surface area contributed by atoms with Crippen molar-refractivity contribution >= 4 is 10.9 Å². The monoisotopic (exact) mass is 230 g/mol. The van der Waals surface area contributed by atoms with E-state index < -0.39 is 0 Å². The van der Waals surface area contributed by atoms with Gasteiger partial charge in [-0.05, 0) is 49.0 Å². The van der Waals surface area contributed by atoms with Gasteiger partial charge in [-0.1, -0.05) is 26.0 Å². The van der Waals surface area contributed by atoms with Crippen LogP contribution in [0.15, 0.2) is 30.5 Å². The summed E-state index contributed by atoms with van der Waals surface area (Å²) in [5, 5.41) is 4.54. The number of aromatic nitrogens is 1. The molecule has 2 rings (SSSR count). The van der Waals surface area contributed by atoms with E-state index in [9.17, 15) is 0 Å². The molecule has 0 unspecified atom stereocenters. The molecule has 17 heavy (non-hydrogen) atoms. The lowest BCUT2D eigenvalue weighted by molar-refractivity contribution is 0.535. The van der Waals surface area contributed by atoms with Crippen LogP contribution in [-0.4, -0.2) is 18.2 Å². The fourth-order valence-electron chi connectivity index (χ4n) is 2.21. The highest BCUT2D eigenvalue weighted by Crippen LogP contribution is 2.19. The summed E-state index contributed by atoms with van der Waals surface area (Å²) in [4.78, 5) is 0. The van der Waals surface area contributed by atoms with E-state index in [1.165, 1.54) is 16.5 Å². The standard InChI is InChI=1S/C15H22N2/c1-12(2)11-17-9-7-14-5-4-13(6-8-16-3)10-15(14)17/h4-5,7,9-10,12,16H,6,8,11H2,1-3H3. The summed E-state index contributed by atoms with van der Waals surface area (Å²) in [5.74, 6) is 0.687. The Morgan fingerprint density at radius 3 is 2.76 bits per heavy atom. The second-order valence-corrected chi connectivity index (χ2v) is 5.11. The number of nitrogens with zero attached hydrogens (tertiary/aromatic N) is 1. The Labute approximate surface area is 104 Å². The smallest absolute Gasteiger partial charge is 0.0483 e. The van der Waals surface area contributed by atoms with Crippen molar-refractivity contribution in [3.8, 4) is 0 Å². The molecule has 1 aromatic heterocycles. The Hall–Kier alpha value is -1.28. The average molecular weight is 230 g/mol. The molecule has 0 fully saturated rings. The van der Waals surface area contributed by atoms with Gasteiger partial charge in [-0.2, -0.15) is 0 Å². The van der Waals surface area contributed by atoms with Crippen LogP contribution in [0.25, 0.3) is 10.9 Å². The lowest BCUT2D eigenvalue weighted by Crippen LogP contribution is -2.10. The molecule has 0 spiro atoms. The highest BCUT2D eigenvalue weighted by atomic mass is 15.0. The van der Waals surface area contributed by atoms with E-state index in [1.807, 2.05) is 7.05 Å². The Morgan fingerprint density at radius 1 is 1.24 bits per heavy atom. The van der Waals surface area contributed by atoms with E-state index in [4.69, 9.17) is 0 Å².